The van der Waals surface area contributed by atoms with Gasteiger partial charge in [0.15, 0.2) is 0 Å². The Morgan fingerprint density at radius 3 is 1.80 bits per heavy atom. The fraction of sp³-hybridized carbons (Fsp3) is 0.200. The lowest BCUT2D eigenvalue weighted by Crippen LogP contribution is -2.32. The molecular weight excluding hydrogens is 370 g/mol. The van der Waals surface area contributed by atoms with Crippen LogP contribution < -0.4 is 9.47 Å². The molecule has 2 rings (SSSR count). The molecule has 136 valence electrons. The lowest BCUT2D eigenvalue weighted by molar-refractivity contribution is 0.166. The minimum absolute atomic E-state index is 0.110. The van der Waals surface area contributed by atoms with E-state index in [1.807, 2.05) is 30.3 Å². The van der Waals surface area contributed by atoms with E-state index in [1.165, 1.54) is 24.3 Å². The maximum atomic E-state index is 11.5. The smallest absolute Gasteiger partial charge is 0.381 e. The molecule has 0 aliphatic carbocycles. The summed E-state index contributed by atoms with van der Waals surface area (Å²) >= 11 is 0. The predicted octanol–water partition coefficient (Wildman–Crippen LogP) is 2.67. The molecular formula is C15H18O8P2. The van der Waals surface area contributed by atoms with Crippen LogP contribution in [-0.4, -0.2) is 24.7 Å². The van der Waals surface area contributed by atoms with Crippen molar-refractivity contribution in [3.63, 3.8) is 0 Å². The Balaban J connectivity index is 2.11. The van der Waals surface area contributed by atoms with Gasteiger partial charge in [-0.1, -0.05) is 30.3 Å². The highest BCUT2D eigenvalue weighted by Gasteiger charge is 2.59. The highest BCUT2D eigenvalue weighted by atomic mass is 31.2. The van der Waals surface area contributed by atoms with E-state index in [-0.39, 0.29) is 5.75 Å². The summed E-state index contributed by atoms with van der Waals surface area (Å²) in [5.74, 6) is 0.353. The van der Waals surface area contributed by atoms with Crippen LogP contribution in [0.2, 0.25) is 0 Å². The second-order valence-electron chi connectivity index (χ2n) is 5.37. The predicted molar refractivity (Wildman–Crippen MR) is 90.3 cm³/mol. The van der Waals surface area contributed by atoms with Crippen molar-refractivity contribution >= 4 is 15.2 Å². The third-order valence-corrected chi connectivity index (χ3v) is 7.37. The molecule has 0 aliphatic heterocycles. The highest BCUT2D eigenvalue weighted by molar-refractivity contribution is 7.72. The molecule has 8 nitrogen and oxygen atoms in total. The molecule has 0 heterocycles. The van der Waals surface area contributed by atoms with Gasteiger partial charge in [0.1, 0.15) is 18.1 Å². The summed E-state index contributed by atoms with van der Waals surface area (Å²) < 4.78 is 33.5. The fourth-order valence-electron chi connectivity index (χ4n) is 1.86. The molecule has 0 unspecified atom stereocenters. The standard InChI is InChI=1S/C15H18O8P2/c1-15(24(16,17)18,25(19,20)21)23-14-9-7-13(8-10-14)22-11-12-5-3-2-4-6-12/h2-10H,11H2,1H3,(H2,16,17,18)(H2,19,20,21). The zero-order chi connectivity index (χ0) is 18.7. The van der Waals surface area contributed by atoms with Gasteiger partial charge in [-0.3, -0.25) is 9.13 Å². The Morgan fingerprint density at radius 2 is 1.32 bits per heavy atom. The SMILES string of the molecule is CC(Oc1ccc(OCc2ccccc2)cc1)(P(=O)(O)O)P(=O)(O)O. The van der Waals surface area contributed by atoms with Crippen LogP contribution >= 0.6 is 15.2 Å². The first-order valence-corrected chi connectivity index (χ1v) is 10.3. The average molecular weight is 388 g/mol. The molecule has 4 N–H and O–H groups in total. The van der Waals surface area contributed by atoms with Crippen LogP contribution in [0.1, 0.15) is 12.5 Å². The van der Waals surface area contributed by atoms with Crippen molar-refractivity contribution in [2.45, 2.75) is 18.6 Å². The normalized spacial score (nSPS) is 12.7. The molecule has 0 saturated carbocycles. The van der Waals surface area contributed by atoms with Gasteiger partial charge >= 0.3 is 20.3 Å². The molecule has 0 atom stereocenters. The molecule has 0 saturated heterocycles. The van der Waals surface area contributed by atoms with E-state index in [2.05, 4.69) is 0 Å². The highest BCUT2D eigenvalue weighted by Crippen LogP contribution is 2.68. The van der Waals surface area contributed by atoms with Crippen LogP contribution in [0.5, 0.6) is 11.5 Å². The molecule has 0 spiro atoms. The second-order valence-corrected chi connectivity index (χ2v) is 9.61. The molecule has 0 aliphatic rings. The molecule has 0 fully saturated rings. The lowest BCUT2D eigenvalue weighted by Gasteiger charge is -2.31. The summed E-state index contributed by atoms with van der Waals surface area (Å²) in [5.41, 5.74) is 0.957. The van der Waals surface area contributed by atoms with Gasteiger partial charge in [0, 0.05) is 0 Å². The van der Waals surface area contributed by atoms with Gasteiger partial charge in [-0.05, 0) is 36.8 Å². The Hall–Kier alpha value is -1.66. The molecule has 0 aromatic heterocycles. The van der Waals surface area contributed by atoms with Crippen LogP contribution in [0.15, 0.2) is 54.6 Å². The van der Waals surface area contributed by atoms with Crippen LogP contribution in [0.3, 0.4) is 0 Å². The summed E-state index contributed by atoms with van der Waals surface area (Å²) in [6.07, 6.45) is 0. The van der Waals surface area contributed by atoms with Gasteiger partial charge in [0.05, 0.1) is 0 Å². The summed E-state index contributed by atoms with van der Waals surface area (Å²) in [6.45, 7) is 0.998. The van der Waals surface area contributed by atoms with Crippen molar-refractivity contribution in [3.8, 4) is 11.5 Å². The van der Waals surface area contributed by atoms with E-state index in [9.17, 15) is 28.7 Å². The first kappa shape index (κ1) is 19.7. The van der Waals surface area contributed by atoms with Crippen molar-refractivity contribution < 1.29 is 38.2 Å². The van der Waals surface area contributed by atoms with Gasteiger partial charge in [0.2, 0.25) is 0 Å². The number of ether oxygens (including phenoxy) is 2. The average Bonchev–Trinajstić information content (AvgIpc) is 2.53. The molecule has 25 heavy (non-hydrogen) atoms. The fourth-order valence-corrected chi connectivity index (χ4v) is 3.66. The third kappa shape index (κ3) is 4.70. The van der Waals surface area contributed by atoms with E-state index in [0.717, 1.165) is 5.56 Å². The van der Waals surface area contributed by atoms with Crippen LogP contribution in [0, 0.1) is 0 Å². The quantitative estimate of drug-likeness (QED) is 0.532. The maximum Gasteiger partial charge on any atom is 0.381 e. The Morgan fingerprint density at radius 1 is 0.840 bits per heavy atom. The van der Waals surface area contributed by atoms with Crippen molar-refractivity contribution in [1.82, 2.24) is 0 Å². The summed E-state index contributed by atoms with van der Waals surface area (Å²) in [4.78, 5) is 37.1. The zero-order valence-electron chi connectivity index (χ0n) is 13.2. The second kappa shape index (κ2) is 7.30. The van der Waals surface area contributed by atoms with E-state index in [4.69, 9.17) is 9.47 Å². The number of benzene rings is 2. The van der Waals surface area contributed by atoms with Crippen molar-refractivity contribution in [3.05, 3.63) is 60.2 Å². The monoisotopic (exact) mass is 388 g/mol. The lowest BCUT2D eigenvalue weighted by atomic mass is 10.2. The Labute approximate surface area is 144 Å². The topological polar surface area (TPSA) is 134 Å². The van der Waals surface area contributed by atoms with Gasteiger partial charge in [0.25, 0.3) is 0 Å². The molecule has 10 heteroatoms. The Bertz CT molecular complexity index is 772. The van der Waals surface area contributed by atoms with E-state index in [1.54, 1.807) is 0 Å². The number of hydrogen-bond donors (Lipinski definition) is 4. The third-order valence-electron chi connectivity index (χ3n) is 3.46. The van der Waals surface area contributed by atoms with Gasteiger partial charge in [-0.25, -0.2) is 0 Å². The van der Waals surface area contributed by atoms with Crippen molar-refractivity contribution in [2.75, 3.05) is 0 Å². The number of rotatable bonds is 7. The summed E-state index contributed by atoms with van der Waals surface area (Å²) in [6, 6.07) is 15.0. The minimum atomic E-state index is -5.26. The van der Waals surface area contributed by atoms with E-state index >= 15 is 0 Å². The Kier molecular flexibility index (Phi) is 5.74. The zero-order valence-corrected chi connectivity index (χ0v) is 15.0. The van der Waals surface area contributed by atoms with E-state index < -0.39 is 20.3 Å². The molecule has 0 bridgehead atoms. The molecule has 2 aromatic rings. The first-order chi connectivity index (χ1) is 11.5. The summed E-state index contributed by atoms with van der Waals surface area (Å²) in [7, 11) is -10.5. The summed E-state index contributed by atoms with van der Waals surface area (Å²) in [5, 5.41) is -2.97. The molecule has 2 aromatic carbocycles. The van der Waals surface area contributed by atoms with Crippen molar-refractivity contribution in [1.29, 1.82) is 0 Å². The first-order valence-electron chi connectivity index (χ1n) is 7.10. The minimum Gasteiger partial charge on any atom is -0.489 e. The molecule has 0 radical (unpaired) electrons. The van der Waals surface area contributed by atoms with E-state index in [0.29, 0.717) is 19.3 Å². The largest absolute Gasteiger partial charge is 0.489 e. The van der Waals surface area contributed by atoms with Crippen molar-refractivity contribution in [2.24, 2.45) is 0 Å². The van der Waals surface area contributed by atoms with Gasteiger partial charge < -0.3 is 29.0 Å². The van der Waals surface area contributed by atoms with Gasteiger partial charge in [-0.2, -0.15) is 0 Å². The van der Waals surface area contributed by atoms with Gasteiger partial charge in [-0.15, -0.1) is 0 Å². The molecule has 0 amide bonds. The maximum absolute atomic E-state index is 11.5. The van der Waals surface area contributed by atoms with Crippen LogP contribution in [0.4, 0.5) is 0 Å². The van der Waals surface area contributed by atoms with Crippen LogP contribution in [-0.2, 0) is 15.7 Å². The van der Waals surface area contributed by atoms with Crippen LogP contribution in [0.25, 0.3) is 0 Å². The number of hydrogen-bond acceptors (Lipinski definition) is 4.